The van der Waals surface area contributed by atoms with E-state index >= 15 is 0 Å². The van der Waals surface area contributed by atoms with E-state index in [1.165, 1.54) is 20.8 Å². The summed E-state index contributed by atoms with van der Waals surface area (Å²) in [6, 6.07) is 0. The molecule has 4 aliphatic rings. The van der Waals surface area contributed by atoms with Gasteiger partial charge in [-0.25, -0.2) is 0 Å². The van der Waals surface area contributed by atoms with Crippen molar-refractivity contribution in [3.8, 4) is 0 Å². The van der Waals surface area contributed by atoms with E-state index in [1.807, 2.05) is 6.92 Å². The van der Waals surface area contributed by atoms with Gasteiger partial charge in [0.25, 0.3) is 0 Å². The molecular formula is C27H36O8. The minimum atomic E-state index is -1.46. The lowest BCUT2D eigenvalue weighted by molar-refractivity contribution is -0.208. The van der Waals surface area contributed by atoms with Crippen molar-refractivity contribution in [2.24, 2.45) is 28.6 Å². The SMILES string of the molecule is CC(=O)OCC(=O)[C@@]1(OC(C)=O)CCC2C3CCC4=CC(=O)CC[C@]4(C)C3[C@@H](OC(C)=O)C[C@@]21C. The van der Waals surface area contributed by atoms with Crippen LogP contribution in [0.15, 0.2) is 11.6 Å². The molecule has 4 aliphatic carbocycles. The summed E-state index contributed by atoms with van der Waals surface area (Å²) in [5.41, 5.74) is -1.39. The topological polar surface area (TPSA) is 113 Å². The number of hydrogen-bond donors (Lipinski definition) is 0. The quantitative estimate of drug-likeness (QED) is 0.427. The lowest BCUT2D eigenvalue weighted by Crippen LogP contribution is -2.63. The fourth-order valence-electron chi connectivity index (χ4n) is 8.17. The number of hydrogen-bond acceptors (Lipinski definition) is 8. The Labute approximate surface area is 206 Å². The number of Topliss-reactive ketones (excluding diaryl/α,β-unsaturated/α-hetero) is 1. The molecule has 0 bridgehead atoms. The van der Waals surface area contributed by atoms with Gasteiger partial charge < -0.3 is 14.2 Å². The second-order valence-corrected chi connectivity index (χ2v) is 11.3. The van der Waals surface area contributed by atoms with Gasteiger partial charge in [0.05, 0.1) is 0 Å². The highest BCUT2D eigenvalue weighted by atomic mass is 16.6. The third-order valence-electron chi connectivity index (χ3n) is 9.49. The number of ketones is 2. The zero-order valence-electron chi connectivity index (χ0n) is 21.3. The van der Waals surface area contributed by atoms with Gasteiger partial charge in [0.2, 0.25) is 5.78 Å². The molecule has 8 nitrogen and oxygen atoms in total. The lowest BCUT2D eigenvalue weighted by atomic mass is 9.45. The summed E-state index contributed by atoms with van der Waals surface area (Å²) in [5, 5.41) is 0. The molecule has 4 rings (SSSR count). The van der Waals surface area contributed by atoms with Crippen LogP contribution in [-0.4, -0.2) is 47.8 Å². The molecule has 35 heavy (non-hydrogen) atoms. The Kier molecular flexibility index (Phi) is 6.47. The molecule has 192 valence electrons. The third-order valence-corrected chi connectivity index (χ3v) is 9.49. The standard InChI is InChI=1S/C27H36O8/c1-15(28)33-14-23(32)27(35-17(3)30)11-9-21-20-7-6-18-12-19(31)8-10-25(18,4)24(20)22(34-16(2)29)13-26(21,27)5/h12,20-22,24H,6-11,13-14H2,1-5H3/t20?,21?,22-,24?,25-,26-,27-/m0/s1. The van der Waals surface area contributed by atoms with E-state index in [4.69, 9.17) is 14.2 Å². The van der Waals surface area contributed by atoms with Gasteiger partial charge in [-0.1, -0.05) is 19.4 Å². The van der Waals surface area contributed by atoms with Crippen LogP contribution < -0.4 is 0 Å². The molecule has 0 N–H and O–H groups in total. The molecule has 0 radical (unpaired) electrons. The maximum atomic E-state index is 13.6. The van der Waals surface area contributed by atoms with E-state index in [1.54, 1.807) is 6.08 Å². The number of carbonyl (C=O) groups is 5. The van der Waals surface area contributed by atoms with Gasteiger partial charge in [0.1, 0.15) is 6.10 Å². The number of rotatable bonds is 5. The minimum Gasteiger partial charge on any atom is -0.462 e. The van der Waals surface area contributed by atoms with Crippen molar-refractivity contribution in [2.45, 2.75) is 91.3 Å². The van der Waals surface area contributed by atoms with Gasteiger partial charge in [-0.2, -0.15) is 0 Å². The molecule has 0 saturated heterocycles. The number of allylic oxidation sites excluding steroid dienone is 1. The van der Waals surface area contributed by atoms with Crippen molar-refractivity contribution >= 4 is 29.5 Å². The first-order valence-electron chi connectivity index (χ1n) is 12.6. The van der Waals surface area contributed by atoms with Crippen molar-refractivity contribution < 1.29 is 38.2 Å². The molecule has 0 amide bonds. The summed E-state index contributed by atoms with van der Waals surface area (Å²) < 4.78 is 16.9. The summed E-state index contributed by atoms with van der Waals surface area (Å²) in [4.78, 5) is 61.7. The van der Waals surface area contributed by atoms with E-state index in [9.17, 15) is 24.0 Å². The summed E-state index contributed by atoms with van der Waals surface area (Å²) >= 11 is 0. The summed E-state index contributed by atoms with van der Waals surface area (Å²) in [5.74, 6) is -1.64. The van der Waals surface area contributed by atoms with Crippen LogP contribution in [0, 0.1) is 28.6 Å². The van der Waals surface area contributed by atoms with E-state index in [0.29, 0.717) is 32.1 Å². The molecule has 0 heterocycles. The first-order valence-corrected chi connectivity index (χ1v) is 12.6. The van der Waals surface area contributed by atoms with Gasteiger partial charge >= 0.3 is 17.9 Å². The molecule has 8 heteroatoms. The monoisotopic (exact) mass is 488 g/mol. The van der Waals surface area contributed by atoms with Gasteiger partial charge in [-0.05, 0) is 61.9 Å². The Morgan fingerprint density at radius 3 is 2.31 bits per heavy atom. The molecule has 0 spiro atoms. The third kappa shape index (κ3) is 4.02. The lowest BCUT2D eigenvalue weighted by Gasteiger charge is -2.61. The second-order valence-electron chi connectivity index (χ2n) is 11.3. The fraction of sp³-hybridized carbons (Fsp3) is 0.741. The minimum absolute atomic E-state index is 0.00859. The molecule has 3 unspecified atom stereocenters. The van der Waals surface area contributed by atoms with Crippen molar-refractivity contribution in [2.75, 3.05) is 6.61 Å². The van der Waals surface area contributed by atoms with Crippen LogP contribution in [0.1, 0.15) is 79.6 Å². The maximum absolute atomic E-state index is 13.6. The van der Waals surface area contributed by atoms with Crippen LogP contribution in [-0.2, 0) is 38.2 Å². The average Bonchev–Trinajstić information content (AvgIpc) is 3.04. The fourth-order valence-corrected chi connectivity index (χ4v) is 8.17. The highest BCUT2D eigenvalue weighted by Crippen LogP contribution is 2.68. The average molecular weight is 489 g/mol. The Hall–Kier alpha value is -2.51. The first kappa shape index (κ1) is 25.6. The van der Waals surface area contributed by atoms with Crippen molar-refractivity contribution in [3.05, 3.63) is 11.6 Å². The second kappa shape index (κ2) is 8.86. The summed E-state index contributed by atoms with van der Waals surface area (Å²) in [6.45, 7) is 7.57. The van der Waals surface area contributed by atoms with E-state index in [2.05, 4.69) is 6.92 Å². The summed E-state index contributed by atoms with van der Waals surface area (Å²) in [6.07, 6.45) is 5.44. The van der Waals surface area contributed by atoms with E-state index in [-0.39, 0.29) is 29.0 Å². The molecule has 3 saturated carbocycles. The zero-order valence-corrected chi connectivity index (χ0v) is 21.3. The molecule has 0 aliphatic heterocycles. The molecule has 7 atom stereocenters. The predicted octanol–water partition coefficient (Wildman–Crippen LogP) is 3.49. The number of carbonyl (C=O) groups excluding carboxylic acids is 5. The van der Waals surface area contributed by atoms with Gasteiger partial charge in [0, 0.05) is 38.5 Å². The van der Waals surface area contributed by atoms with Gasteiger partial charge in [-0.15, -0.1) is 0 Å². The number of ether oxygens (including phenoxy) is 3. The van der Waals surface area contributed by atoms with Crippen molar-refractivity contribution in [1.29, 1.82) is 0 Å². The molecular weight excluding hydrogens is 452 g/mol. The van der Waals surface area contributed by atoms with Gasteiger partial charge in [-0.3, -0.25) is 24.0 Å². The highest BCUT2D eigenvalue weighted by molar-refractivity contribution is 5.93. The molecule has 0 aromatic rings. The van der Waals surface area contributed by atoms with Crippen LogP contribution in [0.4, 0.5) is 0 Å². The first-order chi connectivity index (χ1) is 16.3. The molecule has 0 aromatic carbocycles. The molecule has 0 aromatic heterocycles. The smallest absolute Gasteiger partial charge is 0.303 e. The maximum Gasteiger partial charge on any atom is 0.303 e. The normalized spacial score (nSPS) is 39.9. The van der Waals surface area contributed by atoms with Crippen LogP contribution in [0.25, 0.3) is 0 Å². The largest absolute Gasteiger partial charge is 0.462 e. The van der Waals surface area contributed by atoms with E-state index < -0.39 is 47.4 Å². The predicted molar refractivity (Wildman–Crippen MR) is 124 cm³/mol. The van der Waals surface area contributed by atoms with Crippen molar-refractivity contribution in [3.63, 3.8) is 0 Å². The number of fused-ring (bicyclic) bond motifs is 5. The van der Waals surface area contributed by atoms with E-state index in [0.717, 1.165) is 18.4 Å². The Morgan fingerprint density at radius 1 is 0.971 bits per heavy atom. The Bertz CT molecular complexity index is 997. The van der Waals surface area contributed by atoms with Crippen LogP contribution >= 0.6 is 0 Å². The number of esters is 3. The summed E-state index contributed by atoms with van der Waals surface area (Å²) in [7, 11) is 0. The molecule has 3 fully saturated rings. The Balaban J connectivity index is 1.79. The Morgan fingerprint density at radius 2 is 1.69 bits per heavy atom. The van der Waals surface area contributed by atoms with Crippen LogP contribution in [0.2, 0.25) is 0 Å². The van der Waals surface area contributed by atoms with Crippen LogP contribution in [0.5, 0.6) is 0 Å². The van der Waals surface area contributed by atoms with Gasteiger partial charge in [0.15, 0.2) is 18.0 Å². The zero-order chi connectivity index (χ0) is 25.8. The van der Waals surface area contributed by atoms with Crippen LogP contribution in [0.3, 0.4) is 0 Å². The van der Waals surface area contributed by atoms with Crippen molar-refractivity contribution in [1.82, 2.24) is 0 Å². The highest BCUT2D eigenvalue weighted by Gasteiger charge is 2.71.